The average molecular weight is 375 g/mol. The van der Waals surface area contributed by atoms with Gasteiger partial charge in [-0.3, -0.25) is 4.72 Å². The number of hydrogen-bond acceptors (Lipinski definition) is 3. The van der Waals surface area contributed by atoms with Gasteiger partial charge in [-0.1, -0.05) is 18.2 Å². The summed E-state index contributed by atoms with van der Waals surface area (Å²) in [5, 5.41) is 2.70. The van der Waals surface area contributed by atoms with E-state index in [0.29, 0.717) is 11.4 Å². The number of rotatable bonds is 4. The first kappa shape index (κ1) is 19.8. The van der Waals surface area contributed by atoms with Crippen LogP contribution in [0.15, 0.2) is 35.2 Å². The third-order valence-electron chi connectivity index (χ3n) is 4.39. The minimum absolute atomic E-state index is 0.281. The fraction of sp³-hybridized carbons (Fsp3) is 0.316. The SMILES string of the molecule is Cc1cc(C)c(C)c(S(=O)(=O)Nc2ccccc2NC(=O)N(C)C)c1C. The Morgan fingerprint density at radius 2 is 1.42 bits per heavy atom. The molecule has 0 fully saturated rings. The largest absolute Gasteiger partial charge is 0.331 e. The van der Waals surface area contributed by atoms with E-state index in [1.165, 1.54) is 4.90 Å². The molecule has 0 aliphatic rings. The van der Waals surface area contributed by atoms with Gasteiger partial charge in [0.25, 0.3) is 10.0 Å². The van der Waals surface area contributed by atoms with Crippen LogP contribution in [0.4, 0.5) is 16.2 Å². The Balaban J connectivity index is 2.48. The van der Waals surface area contributed by atoms with Crippen molar-refractivity contribution in [2.75, 3.05) is 24.1 Å². The Hall–Kier alpha value is -2.54. The van der Waals surface area contributed by atoms with Crippen molar-refractivity contribution >= 4 is 27.4 Å². The number of carbonyl (C=O) groups excluding carboxylic acids is 1. The van der Waals surface area contributed by atoms with E-state index in [1.807, 2.05) is 19.9 Å². The molecule has 0 bridgehead atoms. The van der Waals surface area contributed by atoms with Gasteiger partial charge < -0.3 is 10.2 Å². The zero-order valence-corrected chi connectivity index (χ0v) is 16.8. The van der Waals surface area contributed by atoms with Crippen LogP contribution in [0.1, 0.15) is 22.3 Å². The quantitative estimate of drug-likeness (QED) is 0.853. The van der Waals surface area contributed by atoms with Crippen LogP contribution in [0.5, 0.6) is 0 Å². The third kappa shape index (κ3) is 3.99. The molecule has 2 aromatic carbocycles. The van der Waals surface area contributed by atoms with Crippen molar-refractivity contribution in [2.45, 2.75) is 32.6 Å². The zero-order chi connectivity index (χ0) is 19.6. The molecule has 26 heavy (non-hydrogen) atoms. The third-order valence-corrected chi connectivity index (χ3v) is 6.02. The molecular weight excluding hydrogens is 350 g/mol. The van der Waals surface area contributed by atoms with E-state index in [9.17, 15) is 13.2 Å². The van der Waals surface area contributed by atoms with Crippen molar-refractivity contribution in [2.24, 2.45) is 0 Å². The molecule has 7 heteroatoms. The monoisotopic (exact) mass is 375 g/mol. The molecule has 0 saturated heterocycles. The lowest BCUT2D eigenvalue weighted by Crippen LogP contribution is -2.28. The number of urea groups is 1. The van der Waals surface area contributed by atoms with E-state index in [1.54, 1.807) is 52.2 Å². The molecule has 0 radical (unpaired) electrons. The van der Waals surface area contributed by atoms with E-state index < -0.39 is 10.0 Å². The zero-order valence-electron chi connectivity index (χ0n) is 16.0. The fourth-order valence-corrected chi connectivity index (χ4v) is 4.39. The Labute approximate surface area is 155 Å². The highest BCUT2D eigenvalue weighted by Gasteiger charge is 2.23. The highest BCUT2D eigenvalue weighted by Crippen LogP contribution is 2.30. The molecule has 0 spiro atoms. The lowest BCUT2D eigenvalue weighted by Gasteiger charge is -2.19. The molecule has 2 aromatic rings. The minimum Gasteiger partial charge on any atom is -0.331 e. The van der Waals surface area contributed by atoms with Crippen molar-refractivity contribution in [1.82, 2.24) is 4.90 Å². The fourth-order valence-electron chi connectivity index (χ4n) is 2.69. The Morgan fingerprint density at radius 1 is 0.923 bits per heavy atom. The molecule has 2 N–H and O–H groups in total. The predicted molar refractivity (Wildman–Crippen MR) is 105 cm³/mol. The molecule has 140 valence electrons. The second-order valence-corrected chi connectivity index (χ2v) is 8.18. The number of aryl methyl sites for hydroxylation is 2. The predicted octanol–water partition coefficient (Wildman–Crippen LogP) is 3.81. The van der Waals surface area contributed by atoms with Crippen molar-refractivity contribution in [3.8, 4) is 0 Å². The van der Waals surface area contributed by atoms with Gasteiger partial charge in [0.1, 0.15) is 0 Å². The molecule has 2 rings (SSSR count). The van der Waals surface area contributed by atoms with Crippen LogP contribution in [0.2, 0.25) is 0 Å². The maximum atomic E-state index is 13.1. The van der Waals surface area contributed by atoms with Gasteiger partial charge in [0, 0.05) is 14.1 Å². The van der Waals surface area contributed by atoms with E-state index in [4.69, 9.17) is 0 Å². The van der Waals surface area contributed by atoms with Crippen LogP contribution in [0, 0.1) is 27.7 Å². The van der Waals surface area contributed by atoms with Gasteiger partial charge in [-0.15, -0.1) is 0 Å². The van der Waals surface area contributed by atoms with Gasteiger partial charge in [0.2, 0.25) is 0 Å². The summed E-state index contributed by atoms with van der Waals surface area (Å²) in [6, 6.07) is 8.36. The molecule has 0 unspecified atom stereocenters. The van der Waals surface area contributed by atoms with Gasteiger partial charge in [0.05, 0.1) is 16.3 Å². The van der Waals surface area contributed by atoms with Gasteiger partial charge in [-0.2, -0.15) is 0 Å². The van der Waals surface area contributed by atoms with Gasteiger partial charge >= 0.3 is 6.03 Å². The Kier molecular flexibility index (Phi) is 5.61. The summed E-state index contributed by atoms with van der Waals surface area (Å²) in [7, 11) is -0.582. The van der Waals surface area contributed by atoms with E-state index in [0.717, 1.165) is 22.3 Å². The molecule has 0 atom stereocenters. The van der Waals surface area contributed by atoms with Crippen LogP contribution in [-0.2, 0) is 10.0 Å². The second kappa shape index (κ2) is 7.37. The first-order valence-corrected chi connectivity index (χ1v) is 9.70. The van der Waals surface area contributed by atoms with Crippen LogP contribution >= 0.6 is 0 Å². The number of carbonyl (C=O) groups is 1. The summed E-state index contributed by atoms with van der Waals surface area (Å²) in [5.41, 5.74) is 3.99. The Bertz CT molecular complexity index is 924. The number of nitrogens with zero attached hydrogens (tertiary/aromatic N) is 1. The van der Waals surface area contributed by atoms with Gasteiger partial charge in [-0.25, -0.2) is 13.2 Å². The van der Waals surface area contributed by atoms with E-state index >= 15 is 0 Å². The van der Waals surface area contributed by atoms with Crippen LogP contribution in [0.3, 0.4) is 0 Å². The summed E-state index contributed by atoms with van der Waals surface area (Å²) >= 11 is 0. The van der Waals surface area contributed by atoms with Gasteiger partial charge in [0.15, 0.2) is 0 Å². The molecule has 0 aliphatic heterocycles. The number of sulfonamides is 1. The number of para-hydroxylation sites is 2. The molecule has 0 aliphatic carbocycles. The van der Waals surface area contributed by atoms with Crippen molar-refractivity contribution < 1.29 is 13.2 Å². The summed E-state index contributed by atoms with van der Waals surface area (Å²) in [4.78, 5) is 13.6. The first-order chi connectivity index (χ1) is 12.0. The van der Waals surface area contributed by atoms with Crippen molar-refractivity contribution in [3.63, 3.8) is 0 Å². The molecule has 6 nitrogen and oxygen atoms in total. The number of hydrogen-bond donors (Lipinski definition) is 2. The molecule has 2 amide bonds. The summed E-state index contributed by atoms with van der Waals surface area (Å²) in [5.74, 6) is 0. The van der Waals surface area contributed by atoms with E-state index in [2.05, 4.69) is 10.0 Å². The van der Waals surface area contributed by atoms with E-state index in [-0.39, 0.29) is 10.9 Å². The maximum absolute atomic E-state index is 13.1. The van der Waals surface area contributed by atoms with Crippen molar-refractivity contribution in [3.05, 3.63) is 52.6 Å². The highest BCUT2D eigenvalue weighted by molar-refractivity contribution is 7.92. The first-order valence-electron chi connectivity index (χ1n) is 8.22. The lowest BCUT2D eigenvalue weighted by molar-refractivity contribution is 0.230. The van der Waals surface area contributed by atoms with Crippen molar-refractivity contribution in [1.29, 1.82) is 0 Å². The molecule has 0 aromatic heterocycles. The maximum Gasteiger partial charge on any atom is 0.321 e. The topological polar surface area (TPSA) is 78.5 Å². The molecular formula is C19H25N3O3S. The smallest absolute Gasteiger partial charge is 0.321 e. The highest BCUT2D eigenvalue weighted by atomic mass is 32.2. The summed E-state index contributed by atoms with van der Waals surface area (Å²) < 4.78 is 28.8. The standard InChI is InChI=1S/C19H25N3O3S/c1-12-11-13(2)15(4)18(14(12)3)26(24,25)21-17-10-8-7-9-16(17)20-19(23)22(5)6/h7-11,21H,1-6H3,(H,20,23). The van der Waals surface area contributed by atoms with Crippen LogP contribution in [-0.4, -0.2) is 33.4 Å². The number of anilines is 2. The van der Waals surface area contributed by atoms with Crippen LogP contribution in [0.25, 0.3) is 0 Å². The molecule has 0 heterocycles. The Morgan fingerprint density at radius 3 is 1.92 bits per heavy atom. The second-order valence-electron chi connectivity index (χ2n) is 6.57. The number of nitrogens with one attached hydrogen (secondary N) is 2. The normalized spacial score (nSPS) is 11.2. The summed E-state index contributed by atoms with van der Waals surface area (Å²) in [6.07, 6.45) is 0. The molecule has 0 saturated carbocycles. The number of benzene rings is 2. The number of amides is 2. The minimum atomic E-state index is -3.81. The van der Waals surface area contributed by atoms with Crippen LogP contribution < -0.4 is 10.0 Å². The lowest BCUT2D eigenvalue weighted by atomic mass is 10.0. The average Bonchev–Trinajstić information content (AvgIpc) is 2.54. The summed E-state index contributed by atoms with van der Waals surface area (Å²) in [6.45, 7) is 7.39. The van der Waals surface area contributed by atoms with Gasteiger partial charge in [-0.05, 0) is 62.1 Å².